The number of carbonyl (C=O) groups excluding carboxylic acids is 2. The number of benzene rings is 1. The normalized spacial score (nSPS) is 11.2. The first kappa shape index (κ1) is 18.5. The zero-order valence-electron chi connectivity index (χ0n) is 14.7. The molecule has 1 aromatic heterocycles. The van der Waals surface area contributed by atoms with Crippen molar-refractivity contribution >= 4 is 17.9 Å². The molecule has 5 nitrogen and oxygen atoms in total. The molecule has 0 bridgehead atoms. The Morgan fingerprint density at radius 2 is 1.88 bits per heavy atom. The van der Waals surface area contributed by atoms with E-state index in [-0.39, 0.29) is 17.5 Å². The maximum absolute atomic E-state index is 12.4. The van der Waals surface area contributed by atoms with E-state index in [0.717, 1.165) is 24.8 Å². The molecule has 0 saturated heterocycles. The van der Waals surface area contributed by atoms with Crippen LogP contribution in [0.2, 0.25) is 0 Å². The molecule has 1 heterocycles. The minimum Gasteiger partial charge on any atom is -0.465 e. The number of hydrogen-bond donors (Lipinski definition) is 2. The molecule has 5 heteroatoms. The van der Waals surface area contributed by atoms with Crippen molar-refractivity contribution in [3.8, 4) is 0 Å². The Hall–Kier alpha value is -2.82. The van der Waals surface area contributed by atoms with Crippen LogP contribution in [-0.4, -0.2) is 18.4 Å². The number of aryl methyl sites for hydroxylation is 1. The largest absolute Gasteiger partial charge is 0.465 e. The fraction of sp³-hybridized carbons (Fsp3) is 0.300. The predicted molar refractivity (Wildman–Crippen MR) is 97.9 cm³/mol. The standard InChI is InChI=1S/C20H24N2O3/c1-3-4-5-12-21-20(24)18(14-17-7-6-13-25-17)22-19(23)16-10-8-15(2)9-11-16/h6-11,13-14H,3-5,12H2,1-2H3,(H,21,24)(H,22,23)/b18-14-. The van der Waals surface area contributed by atoms with E-state index < -0.39 is 0 Å². The molecule has 0 fully saturated rings. The third kappa shape index (κ3) is 5.95. The van der Waals surface area contributed by atoms with Crippen LogP contribution in [0.1, 0.15) is 47.9 Å². The van der Waals surface area contributed by atoms with Crippen molar-refractivity contribution in [3.63, 3.8) is 0 Å². The van der Waals surface area contributed by atoms with Gasteiger partial charge >= 0.3 is 0 Å². The van der Waals surface area contributed by atoms with Crippen LogP contribution >= 0.6 is 0 Å². The second kappa shape index (κ2) is 9.47. The van der Waals surface area contributed by atoms with Gasteiger partial charge in [-0.2, -0.15) is 0 Å². The van der Waals surface area contributed by atoms with Gasteiger partial charge in [0, 0.05) is 18.2 Å². The van der Waals surface area contributed by atoms with Crippen LogP contribution in [-0.2, 0) is 4.79 Å². The average molecular weight is 340 g/mol. The summed E-state index contributed by atoms with van der Waals surface area (Å²) in [7, 11) is 0. The van der Waals surface area contributed by atoms with Crippen molar-refractivity contribution in [2.75, 3.05) is 6.54 Å². The topological polar surface area (TPSA) is 71.3 Å². The van der Waals surface area contributed by atoms with Crippen LogP contribution in [0.15, 0.2) is 52.8 Å². The minimum absolute atomic E-state index is 0.164. The van der Waals surface area contributed by atoms with Gasteiger partial charge in [-0.1, -0.05) is 37.5 Å². The summed E-state index contributed by atoms with van der Waals surface area (Å²) in [6.45, 7) is 4.63. The maximum Gasteiger partial charge on any atom is 0.267 e. The Bertz CT molecular complexity index is 716. The molecule has 0 atom stereocenters. The molecule has 0 saturated carbocycles. The van der Waals surface area contributed by atoms with Crippen LogP contribution in [0.3, 0.4) is 0 Å². The molecule has 0 spiro atoms. The molecule has 132 valence electrons. The molecule has 2 N–H and O–H groups in total. The molecule has 2 rings (SSSR count). The summed E-state index contributed by atoms with van der Waals surface area (Å²) in [5.74, 6) is -0.155. The molecular weight excluding hydrogens is 316 g/mol. The molecule has 0 radical (unpaired) electrons. The number of amides is 2. The lowest BCUT2D eigenvalue weighted by Crippen LogP contribution is -2.35. The highest BCUT2D eigenvalue weighted by Gasteiger charge is 2.15. The van der Waals surface area contributed by atoms with Crippen LogP contribution in [0, 0.1) is 6.92 Å². The quantitative estimate of drug-likeness (QED) is 0.569. The van der Waals surface area contributed by atoms with E-state index in [4.69, 9.17) is 4.42 Å². The summed E-state index contributed by atoms with van der Waals surface area (Å²) in [6.07, 6.45) is 6.08. The Kier molecular flexibility index (Phi) is 7.01. The van der Waals surface area contributed by atoms with Gasteiger partial charge in [0.15, 0.2) is 0 Å². The highest BCUT2D eigenvalue weighted by Crippen LogP contribution is 2.09. The number of unbranched alkanes of at least 4 members (excludes halogenated alkanes) is 2. The fourth-order valence-electron chi connectivity index (χ4n) is 2.25. The summed E-state index contributed by atoms with van der Waals surface area (Å²) >= 11 is 0. The van der Waals surface area contributed by atoms with Crippen LogP contribution in [0.5, 0.6) is 0 Å². The molecule has 0 aliphatic carbocycles. The summed E-state index contributed by atoms with van der Waals surface area (Å²) in [6, 6.07) is 10.6. The van der Waals surface area contributed by atoms with Crippen molar-refractivity contribution in [1.29, 1.82) is 0 Å². The highest BCUT2D eigenvalue weighted by atomic mass is 16.3. The summed E-state index contributed by atoms with van der Waals surface area (Å²) < 4.78 is 5.25. The van der Waals surface area contributed by atoms with Crippen molar-refractivity contribution < 1.29 is 14.0 Å². The third-order valence-electron chi connectivity index (χ3n) is 3.70. The van der Waals surface area contributed by atoms with Gasteiger partial charge in [-0.05, 0) is 37.6 Å². The van der Waals surface area contributed by atoms with Gasteiger partial charge in [0.25, 0.3) is 11.8 Å². The minimum atomic E-state index is -0.332. The van der Waals surface area contributed by atoms with Gasteiger partial charge in [0.2, 0.25) is 0 Å². The van der Waals surface area contributed by atoms with Gasteiger partial charge in [-0.25, -0.2) is 0 Å². The van der Waals surface area contributed by atoms with Gasteiger partial charge in [0.05, 0.1) is 6.26 Å². The number of furan rings is 1. The van der Waals surface area contributed by atoms with Crippen molar-refractivity contribution in [3.05, 3.63) is 65.2 Å². The first-order valence-electron chi connectivity index (χ1n) is 8.51. The molecular formula is C20H24N2O3. The predicted octanol–water partition coefficient (Wildman–Crippen LogP) is 3.67. The lowest BCUT2D eigenvalue weighted by molar-refractivity contribution is -0.117. The van der Waals surface area contributed by atoms with E-state index in [0.29, 0.717) is 17.9 Å². The first-order valence-corrected chi connectivity index (χ1v) is 8.51. The third-order valence-corrected chi connectivity index (χ3v) is 3.70. The van der Waals surface area contributed by atoms with Gasteiger partial charge in [-0.3, -0.25) is 9.59 Å². The zero-order valence-corrected chi connectivity index (χ0v) is 14.7. The number of carbonyl (C=O) groups is 2. The number of hydrogen-bond acceptors (Lipinski definition) is 3. The summed E-state index contributed by atoms with van der Waals surface area (Å²) in [4.78, 5) is 24.8. The Labute approximate surface area is 148 Å². The highest BCUT2D eigenvalue weighted by molar-refractivity contribution is 6.05. The van der Waals surface area contributed by atoms with Gasteiger partial charge in [0.1, 0.15) is 11.5 Å². The second-order valence-electron chi connectivity index (χ2n) is 5.86. The van der Waals surface area contributed by atoms with E-state index in [1.54, 1.807) is 24.3 Å². The van der Waals surface area contributed by atoms with E-state index in [1.165, 1.54) is 12.3 Å². The lowest BCUT2D eigenvalue weighted by Gasteiger charge is -2.11. The number of nitrogens with one attached hydrogen (secondary N) is 2. The maximum atomic E-state index is 12.4. The monoisotopic (exact) mass is 340 g/mol. The Morgan fingerprint density at radius 3 is 2.52 bits per heavy atom. The zero-order chi connectivity index (χ0) is 18.1. The Balaban J connectivity index is 2.10. The van der Waals surface area contributed by atoms with E-state index in [9.17, 15) is 9.59 Å². The van der Waals surface area contributed by atoms with Gasteiger partial charge in [-0.15, -0.1) is 0 Å². The molecule has 25 heavy (non-hydrogen) atoms. The number of rotatable bonds is 8. The summed E-state index contributed by atoms with van der Waals surface area (Å²) in [5.41, 5.74) is 1.73. The first-order chi connectivity index (χ1) is 12.1. The summed E-state index contributed by atoms with van der Waals surface area (Å²) in [5, 5.41) is 5.51. The van der Waals surface area contributed by atoms with Crippen LogP contribution < -0.4 is 10.6 Å². The molecule has 1 aromatic carbocycles. The fourth-order valence-corrected chi connectivity index (χ4v) is 2.25. The SMILES string of the molecule is CCCCCNC(=O)/C(=C/c1ccco1)NC(=O)c1ccc(C)cc1. The average Bonchev–Trinajstić information content (AvgIpc) is 3.11. The van der Waals surface area contributed by atoms with E-state index >= 15 is 0 Å². The van der Waals surface area contributed by atoms with E-state index in [2.05, 4.69) is 17.6 Å². The molecule has 2 aromatic rings. The molecule has 2 amide bonds. The molecule has 0 aliphatic rings. The molecule has 0 unspecified atom stereocenters. The van der Waals surface area contributed by atoms with Crippen LogP contribution in [0.4, 0.5) is 0 Å². The van der Waals surface area contributed by atoms with Crippen LogP contribution in [0.25, 0.3) is 6.08 Å². The smallest absolute Gasteiger partial charge is 0.267 e. The second-order valence-corrected chi connectivity index (χ2v) is 5.86. The van der Waals surface area contributed by atoms with E-state index in [1.807, 2.05) is 19.1 Å². The lowest BCUT2D eigenvalue weighted by atomic mass is 10.1. The van der Waals surface area contributed by atoms with Crippen molar-refractivity contribution in [2.24, 2.45) is 0 Å². The Morgan fingerprint density at radius 1 is 1.12 bits per heavy atom. The molecule has 0 aliphatic heterocycles. The van der Waals surface area contributed by atoms with Crippen molar-refractivity contribution in [2.45, 2.75) is 33.1 Å². The van der Waals surface area contributed by atoms with Gasteiger partial charge < -0.3 is 15.1 Å². The van der Waals surface area contributed by atoms with Crippen molar-refractivity contribution in [1.82, 2.24) is 10.6 Å².